The molecule has 10 heavy (non-hydrogen) atoms. The Morgan fingerprint density at radius 2 is 2.00 bits per heavy atom. The van der Waals surface area contributed by atoms with Crippen LogP contribution in [0.15, 0.2) is 0 Å². The predicted octanol–water partition coefficient (Wildman–Crippen LogP) is -0.337. The lowest BCUT2D eigenvalue weighted by Crippen LogP contribution is -2.58. The molecule has 3 nitrogen and oxygen atoms in total. The Balaban J connectivity index is 2.39. The van der Waals surface area contributed by atoms with Crippen LogP contribution >= 0.6 is 0 Å². The maximum absolute atomic E-state index is 12.0. The molecular formula is C5H5F2NO2. The molecule has 0 aromatic heterocycles. The minimum atomic E-state index is -2.78. The summed E-state index contributed by atoms with van der Waals surface area (Å²) in [5.41, 5.74) is 0. The minimum Gasteiger partial charge on any atom is -0.324 e. The molecule has 1 rings (SSSR count). The summed E-state index contributed by atoms with van der Waals surface area (Å²) in [5, 5.41) is 0. The van der Waals surface area contributed by atoms with Gasteiger partial charge in [-0.15, -0.1) is 0 Å². The molecule has 1 amide bonds. The lowest BCUT2D eigenvalue weighted by Gasteiger charge is -2.37. The van der Waals surface area contributed by atoms with Crippen molar-refractivity contribution in [3.63, 3.8) is 0 Å². The van der Waals surface area contributed by atoms with E-state index in [1.54, 1.807) is 0 Å². The summed E-state index contributed by atoms with van der Waals surface area (Å²) in [4.78, 5) is 20.8. The van der Waals surface area contributed by atoms with E-state index in [9.17, 15) is 18.4 Å². The maximum atomic E-state index is 12.0. The molecule has 1 saturated heterocycles. The third kappa shape index (κ3) is 1.12. The molecule has 0 aromatic carbocycles. The highest BCUT2D eigenvalue weighted by Gasteiger charge is 2.45. The summed E-state index contributed by atoms with van der Waals surface area (Å²) < 4.78 is 24.0. The lowest BCUT2D eigenvalue weighted by atomic mass is 10.1. The van der Waals surface area contributed by atoms with Gasteiger partial charge in [0.2, 0.25) is 6.29 Å². The number of hydrogen-bond acceptors (Lipinski definition) is 2. The van der Waals surface area contributed by atoms with Crippen LogP contribution in [-0.4, -0.2) is 36.1 Å². The Kier molecular flexibility index (Phi) is 1.42. The van der Waals surface area contributed by atoms with Crippen molar-refractivity contribution in [3.8, 4) is 0 Å². The predicted molar refractivity (Wildman–Crippen MR) is 27.6 cm³/mol. The first-order valence-corrected chi connectivity index (χ1v) is 2.67. The van der Waals surface area contributed by atoms with E-state index in [-0.39, 0.29) is 6.29 Å². The fourth-order valence-electron chi connectivity index (χ4n) is 0.743. The van der Waals surface area contributed by atoms with Crippen molar-refractivity contribution in [2.75, 3.05) is 13.1 Å². The fraction of sp³-hybridized carbons (Fsp3) is 0.600. The van der Waals surface area contributed by atoms with E-state index >= 15 is 0 Å². The molecule has 0 saturated carbocycles. The zero-order chi connectivity index (χ0) is 7.78. The van der Waals surface area contributed by atoms with Gasteiger partial charge in [0.05, 0.1) is 13.1 Å². The van der Waals surface area contributed by atoms with Crippen molar-refractivity contribution in [3.05, 3.63) is 0 Å². The number of carbonyl (C=O) groups is 2. The van der Waals surface area contributed by atoms with E-state index in [0.717, 1.165) is 4.90 Å². The van der Waals surface area contributed by atoms with Crippen molar-refractivity contribution < 1.29 is 18.4 Å². The molecule has 0 aromatic rings. The largest absolute Gasteiger partial charge is 0.324 e. The van der Waals surface area contributed by atoms with E-state index < -0.39 is 24.9 Å². The number of nitrogens with zero attached hydrogens (tertiary/aromatic N) is 1. The van der Waals surface area contributed by atoms with E-state index in [4.69, 9.17) is 0 Å². The van der Waals surface area contributed by atoms with Gasteiger partial charge in [-0.2, -0.15) is 0 Å². The van der Waals surface area contributed by atoms with E-state index in [1.807, 2.05) is 0 Å². The molecular weight excluding hydrogens is 144 g/mol. The third-order valence-corrected chi connectivity index (χ3v) is 1.26. The van der Waals surface area contributed by atoms with Crippen LogP contribution in [0, 0.1) is 0 Å². The highest BCUT2D eigenvalue weighted by Crippen LogP contribution is 2.25. The van der Waals surface area contributed by atoms with Crippen molar-refractivity contribution in [1.29, 1.82) is 0 Å². The molecule has 0 atom stereocenters. The van der Waals surface area contributed by atoms with E-state index in [1.165, 1.54) is 0 Å². The number of carbonyl (C=O) groups excluding carboxylic acids is 2. The number of rotatable bonds is 1. The molecule has 56 valence electrons. The smallest absolute Gasteiger partial charge is 0.287 e. The van der Waals surface area contributed by atoms with Crippen LogP contribution in [0.2, 0.25) is 0 Å². The maximum Gasteiger partial charge on any atom is 0.287 e. The Bertz CT molecular complexity index is 172. The van der Waals surface area contributed by atoms with Crippen molar-refractivity contribution in [2.24, 2.45) is 0 Å². The Morgan fingerprint density at radius 1 is 1.50 bits per heavy atom. The van der Waals surface area contributed by atoms with Crippen molar-refractivity contribution in [2.45, 2.75) is 5.92 Å². The summed E-state index contributed by atoms with van der Waals surface area (Å²) in [6.45, 7) is -1.24. The van der Waals surface area contributed by atoms with Gasteiger partial charge in [0.15, 0.2) is 0 Å². The second-order valence-corrected chi connectivity index (χ2v) is 2.17. The van der Waals surface area contributed by atoms with Crippen LogP contribution in [0.25, 0.3) is 0 Å². The van der Waals surface area contributed by atoms with Crippen LogP contribution in [0.1, 0.15) is 0 Å². The third-order valence-electron chi connectivity index (χ3n) is 1.26. The number of amides is 1. The molecule has 1 aliphatic rings. The van der Waals surface area contributed by atoms with Gasteiger partial charge in [-0.1, -0.05) is 0 Å². The van der Waals surface area contributed by atoms with E-state index in [0.29, 0.717) is 0 Å². The van der Waals surface area contributed by atoms with Crippen molar-refractivity contribution in [1.82, 2.24) is 4.90 Å². The molecule has 0 spiro atoms. The van der Waals surface area contributed by atoms with E-state index in [2.05, 4.69) is 0 Å². The summed E-state index contributed by atoms with van der Waals surface area (Å²) in [6, 6.07) is 0. The molecule has 0 aliphatic carbocycles. The average Bonchev–Trinajstić information content (AvgIpc) is 1.81. The summed E-state index contributed by atoms with van der Waals surface area (Å²) in [5.74, 6) is -3.65. The topological polar surface area (TPSA) is 37.4 Å². The van der Waals surface area contributed by atoms with Gasteiger partial charge in [0.1, 0.15) is 0 Å². The number of aldehydes is 1. The van der Waals surface area contributed by atoms with Crippen LogP contribution < -0.4 is 0 Å². The number of alkyl halides is 2. The van der Waals surface area contributed by atoms with Gasteiger partial charge in [0.25, 0.3) is 11.8 Å². The SMILES string of the molecule is O=CC(=O)N1CC(F)(F)C1. The van der Waals surface area contributed by atoms with Crippen LogP contribution in [0.5, 0.6) is 0 Å². The Labute approximate surface area is 55.6 Å². The number of halogens is 2. The van der Waals surface area contributed by atoms with Crippen LogP contribution in [0.4, 0.5) is 8.78 Å². The fourth-order valence-corrected chi connectivity index (χ4v) is 0.743. The number of hydrogen-bond donors (Lipinski definition) is 0. The summed E-state index contributed by atoms with van der Waals surface area (Å²) in [6.07, 6.45) is 0.0369. The van der Waals surface area contributed by atoms with Gasteiger partial charge < -0.3 is 4.90 Å². The monoisotopic (exact) mass is 149 g/mol. The summed E-state index contributed by atoms with van der Waals surface area (Å²) >= 11 is 0. The zero-order valence-electron chi connectivity index (χ0n) is 5.01. The van der Waals surface area contributed by atoms with Gasteiger partial charge in [-0.3, -0.25) is 9.59 Å². The van der Waals surface area contributed by atoms with Crippen LogP contribution in [0.3, 0.4) is 0 Å². The van der Waals surface area contributed by atoms with Crippen LogP contribution in [-0.2, 0) is 9.59 Å². The number of likely N-dealkylation sites (tertiary alicyclic amines) is 1. The molecule has 5 heteroatoms. The normalized spacial score (nSPS) is 21.6. The second kappa shape index (κ2) is 2.00. The first-order chi connectivity index (χ1) is 4.55. The molecule has 0 bridgehead atoms. The highest BCUT2D eigenvalue weighted by molar-refractivity contribution is 6.23. The Hall–Kier alpha value is -1.00. The van der Waals surface area contributed by atoms with Crippen molar-refractivity contribution >= 4 is 12.2 Å². The van der Waals surface area contributed by atoms with Gasteiger partial charge in [-0.25, -0.2) is 8.78 Å². The molecule has 0 radical (unpaired) electrons. The lowest BCUT2D eigenvalue weighted by molar-refractivity contribution is -0.166. The van der Waals surface area contributed by atoms with Gasteiger partial charge in [0, 0.05) is 0 Å². The van der Waals surface area contributed by atoms with Gasteiger partial charge >= 0.3 is 0 Å². The zero-order valence-corrected chi connectivity index (χ0v) is 5.01. The molecule has 1 aliphatic heterocycles. The second-order valence-electron chi connectivity index (χ2n) is 2.17. The quantitative estimate of drug-likeness (QED) is 0.378. The highest BCUT2D eigenvalue weighted by atomic mass is 19.3. The molecule has 0 N–H and O–H groups in total. The summed E-state index contributed by atoms with van der Waals surface area (Å²) in [7, 11) is 0. The first kappa shape index (κ1) is 7.11. The first-order valence-electron chi connectivity index (χ1n) is 2.67. The standard InChI is InChI=1S/C5H5F2NO2/c6-5(7)2-8(3-5)4(10)1-9/h1H,2-3H2. The average molecular weight is 149 g/mol. The Morgan fingerprint density at radius 3 is 2.30 bits per heavy atom. The molecule has 1 fully saturated rings. The molecule has 0 unspecified atom stereocenters. The molecule has 1 heterocycles. The van der Waals surface area contributed by atoms with Gasteiger partial charge in [-0.05, 0) is 0 Å². The minimum absolute atomic E-state index is 0.0369.